The topological polar surface area (TPSA) is 12.0 Å². The Morgan fingerprint density at radius 3 is 2.42 bits per heavy atom. The maximum absolute atomic E-state index is 3.80. The van der Waals surface area contributed by atoms with Crippen LogP contribution in [-0.2, 0) is 6.42 Å². The first-order valence-corrected chi connectivity index (χ1v) is 12.5. The Balaban J connectivity index is 1.23. The van der Waals surface area contributed by atoms with Gasteiger partial charge >= 0.3 is 0 Å². The number of nitrogens with one attached hydrogen (secondary N) is 1. The molecule has 0 radical (unpaired) electrons. The summed E-state index contributed by atoms with van der Waals surface area (Å²) >= 11 is 0. The summed E-state index contributed by atoms with van der Waals surface area (Å²) in [5.41, 5.74) is 7.44. The van der Waals surface area contributed by atoms with Gasteiger partial charge in [0, 0.05) is 12.0 Å². The van der Waals surface area contributed by atoms with E-state index in [2.05, 4.69) is 110 Å². The van der Waals surface area contributed by atoms with Crippen molar-refractivity contribution in [3.8, 4) is 0 Å². The van der Waals surface area contributed by atoms with Gasteiger partial charge in [0.25, 0.3) is 0 Å². The molecule has 4 aromatic carbocycles. The van der Waals surface area contributed by atoms with Crippen LogP contribution >= 0.6 is 0 Å². The Bertz CT molecular complexity index is 1220. The smallest absolute Gasteiger partial charge is 0.0297 e. The van der Waals surface area contributed by atoms with E-state index in [1.54, 1.807) is 11.1 Å². The van der Waals surface area contributed by atoms with Crippen LogP contribution in [0.15, 0.2) is 91.0 Å². The van der Waals surface area contributed by atoms with E-state index in [0.717, 1.165) is 12.5 Å². The van der Waals surface area contributed by atoms with Gasteiger partial charge in [-0.05, 0) is 90.6 Å². The SMILES string of the molecule is Cc1ccccc1C1CC(CCCN[C@H](C)c2cccc3ccccc23)Cc2ccccc21. The van der Waals surface area contributed by atoms with Crippen LogP contribution in [0.1, 0.15) is 66.0 Å². The number of fused-ring (bicyclic) bond motifs is 2. The summed E-state index contributed by atoms with van der Waals surface area (Å²) in [6.45, 7) is 5.63. The van der Waals surface area contributed by atoms with Gasteiger partial charge in [-0.3, -0.25) is 0 Å². The highest BCUT2D eigenvalue weighted by Gasteiger charge is 2.28. The number of benzene rings is 4. The van der Waals surface area contributed by atoms with Crippen LogP contribution < -0.4 is 5.32 Å². The first-order valence-electron chi connectivity index (χ1n) is 12.5. The summed E-state index contributed by atoms with van der Waals surface area (Å²) in [5.74, 6) is 1.28. The normalized spacial score (nSPS) is 18.7. The quantitative estimate of drug-likeness (QED) is 0.291. The van der Waals surface area contributed by atoms with Gasteiger partial charge in [0.15, 0.2) is 0 Å². The lowest BCUT2D eigenvalue weighted by molar-refractivity contribution is 0.383. The number of hydrogen-bond donors (Lipinski definition) is 1. The van der Waals surface area contributed by atoms with Gasteiger partial charge in [-0.2, -0.15) is 0 Å². The van der Waals surface area contributed by atoms with Crippen LogP contribution in [0.4, 0.5) is 0 Å². The highest BCUT2D eigenvalue weighted by Crippen LogP contribution is 2.41. The van der Waals surface area contributed by atoms with E-state index in [1.165, 1.54) is 53.1 Å². The molecule has 0 bridgehead atoms. The van der Waals surface area contributed by atoms with Crippen LogP contribution in [0, 0.1) is 12.8 Å². The van der Waals surface area contributed by atoms with Crippen molar-refractivity contribution in [1.29, 1.82) is 0 Å². The molecular weight excluding hydrogens is 398 g/mol. The molecular formula is C32H35N. The zero-order chi connectivity index (χ0) is 22.6. The predicted octanol–water partition coefficient (Wildman–Crippen LogP) is 7.97. The van der Waals surface area contributed by atoms with Crippen molar-refractivity contribution in [3.05, 3.63) is 119 Å². The summed E-state index contributed by atoms with van der Waals surface area (Å²) in [7, 11) is 0. The Morgan fingerprint density at radius 1 is 0.818 bits per heavy atom. The van der Waals surface area contributed by atoms with E-state index in [0.29, 0.717) is 12.0 Å². The third kappa shape index (κ3) is 4.75. The minimum Gasteiger partial charge on any atom is -0.310 e. The van der Waals surface area contributed by atoms with Crippen molar-refractivity contribution in [1.82, 2.24) is 5.32 Å². The second kappa shape index (κ2) is 9.93. The van der Waals surface area contributed by atoms with E-state index < -0.39 is 0 Å². The summed E-state index contributed by atoms with van der Waals surface area (Å²) in [5, 5.41) is 6.49. The molecule has 5 rings (SSSR count). The zero-order valence-electron chi connectivity index (χ0n) is 19.9. The second-order valence-electron chi connectivity index (χ2n) is 9.80. The van der Waals surface area contributed by atoms with Gasteiger partial charge in [0.1, 0.15) is 0 Å². The summed E-state index contributed by atoms with van der Waals surface area (Å²) in [6.07, 6.45) is 4.99. The molecule has 0 fully saturated rings. The van der Waals surface area contributed by atoms with E-state index in [9.17, 15) is 0 Å². The zero-order valence-corrected chi connectivity index (χ0v) is 19.9. The lowest BCUT2D eigenvalue weighted by atomic mass is 9.72. The molecule has 2 unspecified atom stereocenters. The average molecular weight is 434 g/mol. The minimum absolute atomic E-state index is 0.364. The van der Waals surface area contributed by atoms with Crippen molar-refractivity contribution >= 4 is 10.8 Å². The van der Waals surface area contributed by atoms with Crippen LogP contribution in [-0.4, -0.2) is 6.54 Å². The molecule has 4 aromatic rings. The molecule has 1 aliphatic rings. The number of aryl methyl sites for hydroxylation is 1. The number of hydrogen-bond acceptors (Lipinski definition) is 1. The minimum atomic E-state index is 0.364. The van der Waals surface area contributed by atoms with Crippen molar-refractivity contribution in [2.75, 3.05) is 6.54 Å². The first kappa shape index (κ1) is 21.9. The molecule has 3 atom stereocenters. The third-order valence-corrected chi connectivity index (χ3v) is 7.60. The Morgan fingerprint density at radius 2 is 1.55 bits per heavy atom. The van der Waals surface area contributed by atoms with Gasteiger partial charge in [-0.1, -0.05) is 91.0 Å². The van der Waals surface area contributed by atoms with Crippen molar-refractivity contribution in [2.45, 2.75) is 51.5 Å². The Labute approximate surface area is 198 Å². The molecule has 168 valence electrons. The Kier molecular flexibility index (Phi) is 6.60. The molecule has 0 spiro atoms. The van der Waals surface area contributed by atoms with Crippen LogP contribution in [0.25, 0.3) is 10.8 Å². The Hall–Kier alpha value is -2.90. The summed E-state index contributed by atoms with van der Waals surface area (Å²) < 4.78 is 0. The monoisotopic (exact) mass is 433 g/mol. The molecule has 0 heterocycles. The van der Waals surface area contributed by atoms with Crippen LogP contribution in [0.3, 0.4) is 0 Å². The highest BCUT2D eigenvalue weighted by atomic mass is 14.9. The molecule has 0 saturated carbocycles. The molecule has 33 heavy (non-hydrogen) atoms. The van der Waals surface area contributed by atoms with Crippen molar-refractivity contribution in [2.24, 2.45) is 5.92 Å². The molecule has 0 amide bonds. The van der Waals surface area contributed by atoms with E-state index >= 15 is 0 Å². The van der Waals surface area contributed by atoms with Gasteiger partial charge < -0.3 is 5.32 Å². The third-order valence-electron chi connectivity index (χ3n) is 7.60. The fourth-order valence-electron chi connectivity index (χ4n) is 5.85. The molecule has 1 nitrogen and oxygen atoms in total. The molecule has 0 saturated heterocycles. The lowest BCUT2D eigenvalue weighted by Gasteiger charge is -2.33. The summed E-state index contributed by atoms with van der Waals surface area (Å²) in [4.78, 5) is 0. The van der Waals surface area contributed by atoms with E-state index in [-0.39, 0.29) is 0 Å². The largest absolute Gasteiger partial charge is 0.310 e. The van der Waals surface area contributed by atoms with Gasteiger partial charge in [-0.15, -0.1) is 0 Å². The molecule has 0 aromatic heterocycles. The molecule has 1 aliphatic carbocycles. The van der Waals surface area contributed by atoms with E-state index in [4.69, 9.17) is 0 Å². The average Bonchev–Trinajstić information content (AvgIpc) is 2.86. The second-order valence-corrected chi connectivity index (χ2v) is 9.80. The predicted molar refractivity (Wildman–Crippen MR) is 141 cm³/mol. The number of rotatable bonds is 7. The van der Waals surface area contributed by atoms with Gasteiger partial charge in [-0.25, -0.2) is 0 Å². The fraction of sp³-hybridized carbons (Fsp3) is 0.312. The summed E-state index contributed by atoms with van der Waals surface area (Å²) in [6, 6.07) is 33.8. The molecule has 1 heteroatoms. The maximum atomic E-state index is 3.80. The first-order chi connectivity index (χ1) is 16.2. The van der Waals surface area contributed by atoms with Crippen LogP contribution in [0.2, 0.25) is 0 Å². The maximum Gasteiger partial charge on any atom is 0.0297 e. The highest BCUT2D eigenvalue weighted by molar-refractivity contribution is 5.86. The van der Waals surface area contributed by atoms with Crippen molar-refractivity contribution < 1.29 is 0 Å². The molecule has 1 N–H and O–H groups in total. The van der Waals surface area contributed by atoms with Crippen molar-refractivity contribution in [3.63, 3.8) is 0 Å². The lowest BCUT2D eigenvalue weighted by Crippen LogP contribution is -2.23. The molecule has 0 aliphatic heterocycles. The van der Waals surface area contributed by atoms with Gasteiger partial charge in [0.05, 0.1) is 0 Å². The van der Waals surface area contributed by atoms with Gasteiger partial charge in [0.2, 0.25) is 0 Å². The van der Waals surface area contributed by atoms with Crippen LogP contribution in [0.5, 0.6) is 0 Å². The fourth-order valence-corrected chi connectivity index (χ4v) is 5.85. The standard InChI is InChI=1S/C32H35N/c1-23-11-3-6-16-28(23)32-22-25(21-27-14-5-8-18-31(27)32)12-10-20-33-24(2)29-19-9-15-26-13-4-7-17-30(26)29/h3-9,11,13-19,24-25,32-33H,10,12,20-22H2,1-2H3/t24-,25?,32?/m1/s1. The van der Waals surface area contributed by atoms with E-state index in [1.807, 2.05) is 0 Å².